The van der Waals surface area contributed by atoms with Crippen molar-refractivity contribution >= 4 is 27.7 Å². The Balaban J connectivity index is 1.68. The van der Waals surface area contributed by atoms with Crippen molar-refractivity contribution in [1.82, 2.24) is 4.72 Å². The standard InChI is InChI=1S/C34H43N3O6S/c1-33(2,3)34(40,27-14-16-28(35)17-15-27)20-26(21-43-32(36)39)23-11-9-22(10-12-23)25-13-18-29(31(38)37-44(4,41)42)30(19-25)24-7-5-6-8-24/h9-19,24,26,40H,5-8,20-21,35H2,1-4H3,(H2,36,39)(H,37,38)/t26?,34-/m0/s1. The molecule has 3 aromatic carbocycles. The number of nitrogens with two attached hydrogens (primary N) is 2. The largest absolute Gasteiger partial charge is 0.449 e. The minimum Gasteiger partial charge on any atom is -0.449 e. The van der Waals surface area contributed by atoms with Gasteiger partial charge in [-0.15, -0.1) is 0 Å². The van der Waals surface area contributed by atoms with E-state index in [0.717, 1.165) is 54.2 Å². The number of hydrogen-bond acceptors (Lipinski definition) is 7. The molecule has 1 fully saturated rings. The molecule has 1 saturated carbocycles. The van der Waals surface area contributed by atoms with Gasteiger partial charge in [0.05, 0.1) is 11.9 Å². The normalized spacial score (nSPS) is 16.2. The molecule has 10 heteroatoms. The Morgan fingerprint density at radius 3 is 2.11 bits per heavy atom. The third-order valence-corrected chi connectivity index (χ3v) is 9.24. The highest BCUT2D eigenvalue weighted by molar-refractivity contribution is 7.89. The number of nitrogens with one attached hydrogen (secondary N) is 1. The molecule has 4 rings (SSSR count). The van der Waals surface area contributed by atoms with Gasteiger partial charge in [0.25, 0.3) is 5.91 Å². The molecule has 2 amide bonds. The Kier molecular flexibility index (Phi) is 9.75. The molecule has 0 spiro atoms. The summed E-state index contributed by atoms with van der Waals surface area (Å²) < 4.78 is 30.9. The highest BCUT2D eigenvalue weighted by atomic mass is 32.2. The number of benzene rings is 3. The van der Waals surface area contributed by atoms with Crippen LogP contribution in [0, 0.1) is 5.41 Å². The zero-order chi connectivity index (χ0) is 32.3. The van der Waals surface area contributed by atoms with Crippen LogP contribution in [-0.2, 0) is 20.4 Å². The Hall–Kier alpha value is -3.89. The fourth-order valence-corrected chi connectivity index (χ4v) is 6.57. The average Bonchev–Trinajstić information content (AvgIpc) is 3.49. The summed E-state index contributed by atoms with van der Waals surface area (Å²) in [6.07, 6.45) is 4.32. The van der Waals surface area contributed by atoms with Gasteiger partial charge in [0, 0.05) is 17.2 Å². The third-order valence-electron chi connectivity index (χ3n) is 8.68. The van der Waals surface area contributed by atoms with Gasteiger partial charge in [-0.1, -0.05) is 82.1 Å². The van der Waals surface area contributed by atoms with Gasteiger partial charge < -0.3 is 21.3 Å². The molecule has 236 valence electrons. The number of ether oxygens (including phenoxy) is 1. The Bertz CT molecular complexity index is 1590. The van der Waals surface area contributed by atoms with E-state index in [4.69, 9.17) is 16.2 Å². The number of nitrogen functional groups attached to an aromatic ring is 1. The molecule has 0 bridgehead atoms. The monoisotopic (exact) mass is 621 g/mol. The van der Waals surface area contributed by atoms with E-state index >= 15 is 0 Å². The molecule has 2 atom stereocenters. The smallest absolute Gasteiger partial charge is 0.404 e. The van der Waals surface area contributed by atoms with E-state index in [-0.39, 0.29) is 24.9 Å². The zero-order valence-electron chi connectivity index (χ0n) is 25.8. The lowest BCUT2D eigenvalue weighted by Crippen LogP contribution is -2.42. The first kappa shape index (κ1) is 33.0. The van der Waals surface area contributed by atoms with Crippen molar-refractivity contribution in [1.29, 1.82) is 0 Å². The van der Waals surface area contributed by atoms with Gasteiger partial charge in [0.15, 0.2) is 0 Å². The van der Waals surface area contributed by atoms with Gasteiger partial charge in [0.1, 0.15) is 6.61 Å². The van der Waals surface area contributed by atoms with Crippen molar-refractivity contribution in [2.75, 3.05) is 18.6 Å². The first-order chi connectivity index (χ1) is 20.6. The number of rotatable bonds is 10. The van der Waals surface area contributed by atoms with Crippen molar-refractivity contribution in [2.24, 2.45) is 11.1 Å². The summed E-state index contributed by atoms with van der Waals surface area (Å²) in [6.45, 7) is 5.86. The molecule has 1 unspecified atom stereocenters. The molecule has 9 nitrogen and oxygen atoms in total. The summed E-state index contributed by atoms with van der Waals surface area (Å²) in [6, 6.07) is 20.4. The van der Waals surface area contributed by atoms with Gasteiger partial charge >= 0.3 is 6.09 Å². The second kappa shape index (κ2) is 13.0. The molecule has 1 aliphatic carbocycles. The maximum atomic E-state index is 12.9. The summed E-state index contributed by atoms with van der Waals surface area (Å²) in [4.78, 5) is 24.5. The van der Waals surface area contributed by atoms with E-state index in [0.29, 0.717) is 16.8 Å². The topological polar surface area (TPSA) is 162 Å². The predicted octanol–water partition coefficient (Wildman–Crippen LogP) is 5.79. The number of carbonyl (C=O) groups is 2. The summed E-state index contributed by atoms with van der Waals surface area (Å²) in [5, 5.41) is 12.1. The number of anilines is 1. The van der Waals surface area contributed by atoms with Crippen LogP contribution in [0.5, 0.6) is 0 Å². The van der Waals surface area contributed by atoms with Crippen molar-refractivity contribution < 1.29 is 27.9 Å². The van der Waals surface area contributed by atoms with Crippen molar-refractivity contribution in [3.63, 3.8) is 0 Å². The van der Waals surface area contributed by atoms with Gasteiger partial charge in [0.2, 0.25) is 10.0 Å². The molecule has 0 saturated heterocycles. The molecular weight excluding hydrogens is 578 g/mol. The lowest BCUT2D eigenvalue weighted by molar-refractivity contribution is -0.0794. The summed E-state index contributed by atoms with van der Waals surface area (Å²) >= 11 is 0. The summed E-state index contributed by atoms with van der Waals surface area (Å²) in [5.74, 6) is -0.830. The van der Waals surface area contributed by atoms with E-state index in [1.165, 1.54) is 0 Å². The van der Waals surface area contributed by atoms with Crippen LogP contribution in [0.1, 0.15) is 91.8 Å². The van der Waals surface area contributed by atoms with Crippen LogP contribution in [0.15, 0.2) is 66.7 Å². The number of carbonyl (C=O) groups excluding carboxylic acids is 2. The third kappa shape index (κ3) is 7.78. The van der Waals surface area contributed by atoms with E-state index in [1.807, 2.05) is 69.3 Å². The molecule has 0 aliphatic heterocycles. The van der Waals surface area contributed by atoms with Crippen LogP contribution in [0.2, 0.25) is 0 Å². The Labute approximate surface area is 260 Å². The van der Waals surface area contributed by atoms with Gasteiger partial charge in [-0.25, -0.2) is 17.9 Å². The minimum absolute atomic E-state index is 0.0159. The summed E-state index contributed by atoms with van der Waals surface area (Å²) in [5.41, 5.74) is 14.5. The molecule has 0 radical (unpaired) electrons. The fraction of sp³-hybridized carbons (Fsp3) is 0.412. The first-order valence-corrected chi connectivity index (χ1v) is 16.7. The number of aliphatic hydroxyl groups is 1. The fourth-order valence-electron chi connectivity index (χ4n) is 6.12. The van der Waals surface area contributed by atoms with Crippen molar-refractivity contribution in [3.05, 3.63) is 89.0 Å². The molecule has 0 aromatic heterocycles. The van der Waals surface area contributed by atoms with Gasteiger partial charge in [-0.2, -0.15) is 0 Å². The molecule has 3 aromatic rings. The summed E-state index contributed by atoms with van der Waals surface area (Å²) in [7, 11) is -3.70. The molecule has 0 heterocycles. The highest BCUT2D eigenvalue weighted by Gasteiger charge is 2.43. The van der Waals surface area contributed by atoms with E-state index in [9.17, 15) is 23.1 Å². The maximum absolute atomic E-state index is 12.9. The van der Waals surface area contributed by atoms with Gasteiger partial charge in [-0.3, -0.25) is 4.79 Å². The van der Waals surface area contributed by atoms with Crippen LogP contribution in [0.25, 0.3) is 11.1 Å². The zero-order valence-corrected chi connectivity index (χ0v) is 26.6. The second-order valence-electron chi connectivity index (χ2n) is 12.9. The van der Waals surface area contributed by atoms with Crippen LogP contribution in [-0.4, -0.2) is 38.4 Å². The minimum atomic E-state index is -3.70. The van der Waals surface area contributed by atoms with E-state index in [1.54, 1.807) is 18.2 Å². The van der Waals surface area contributed by atoms with Crippen molar-refractivity contribution in [2.45, 2.75) is 70.3 Å². The van der Waals surface area contributed by atoms with E-state index in [2.05, 4.69) is 4.72 Å². The number of hydrogen-bond donors (Lipinski definition) is 4. The highest BCUT2D eigenvalue weighted by Crippen LogP contribution is 2.46. The SMILES string of the molecule is CC(C)(C)[C@](O)(CC(COC(N)=O)c1ccc(-c2ccc(C(=O)NS(C)(=O)=O)c(C3CCCC3)c2)cc1)c1ccc(N)cc1. The second-order valence-corrected chi connectivity index (χ2v) is 14.6. The van der Waals surface area contributed by atoms with Gasteiger partial charge in [-0.05, 0) is 76.6 Å². The number of primary amides is 1. The van der Waals surface area contributed by atoms with Crippen molar-refractivity contribution in [3.8, 4) is 11.1 Å². The molecule has 44 heavy (non-hydrogen) atoms. The van der Waals surface area contributed by atoms with Crippen LogP contribution in [0.3, 0.4) is 0 Å². The number of sulfonamides is 1. The predicted molar refractivity (Wildman–Crippen MR) is 172 cm³/mol. The van der Waals surface area contributed by atoms with Crippen LogP contribution in [0.4, 0.5) is 10.5 Å². The lowest BCUT2D eigenvalue weighted by Gasteiger charge is -2.43. The molecular formula is C34H43N3O6S. The van der Waals surface area contributed by atoms with Crippen LogP contribution < -0.4 is 16.2 Å². The lowest BCUT2D eigenvalue weighted by atomic mass is 9.67. The molecule has 1 aliphatic rings. The Morgan fingerprint density at radius 2 is 1.57 bits per heavy atom. The average molecular weight is 622 g/mol. The van der Waals surface area contributed by atoms with Crippen LogP contribution >= 0.6 is 0 Å². The Morgan fingerprint density at radius 1 is 0.977 bits per heavy atom. The van der Waals surface area contributed by atoms with E-state index < -0.39 is 33.0 Å². The first-order valence-electron chi connectivity index (χ1n) is 14.8. The molecule has 6 N–H and O–H groups in total. The maximum Gasteiger partial charge on any atom is 0.404 e. The quantitative estimate of drug-likeness (QED) is 0.208. The number of amides is 2.